The van der Waals surface area contributed by atoms with Gasteiger partial charge in [0.05, 0.1) is 0 Å². The fourth-order valence-corrected chi connectivity index (χ4v) is 2.41. The smallest absolute Gasteiger partial charge is 0.120 e. The van der Waals surface area contributed by atoms with Crippen LogP contribution in [0.2, 0.25) is 0 Å². The number of fused-ring (bicyclic) bond motifs is 2. The van der Waals surface area contributed by atoms with Crippen LogP contribution >= 0.6 is 0 Å². The number of hydrogen-bond donors (Lipinski definition) is 0. The summed E-state index contributed by atoms with van der Waals surface area (Å²) < 4.78 is 2.35. The van der Waals surface area contributed by atoms with Gasteiger partial charge in [0.25, 0.3) is 0 Å². The number of hydrogen-bond acceptors (Lipinski definition) is 1. The van der Waals surface area contributed by atoms with Gasteiger partial charge in [-0.05, 0) is 18.0 Å². The predicted molar refractivity (Wildman–Crippen MR) is 48.5 cm³/mol. The van der Waals surface area contributed by atoms with E-state index >= 15 is 0 Å². The van der Waals surface area contributed by atoms with Gasteiger partial charge in [-0.3, -0.25) is 0 Å². The Bertz CT molecular complexity index is 204. The largest absolute Gasteiger partial charge is 0.179 e. The van der Waals surface area contributed by atoms with Crippen LogP contribution in [-0.4, -0.2) is 22.3 Å². The van der Waals surface area contributed by atoms with Crippen molar-refractivity contribution in [2.75, 3.05) is 0 Å². The van der Waals surface area contributed by atoms with Gasteiger partial charge in [0.1, 0.15) is 6.04 Å². The summed E-state index contributed by atoms with van der Waals surface area (Å²) in [5, 5.41) is 4.75. The van der Waals surface area contributed by atoms with E-state index in [4.69, 9.17) is 5.11 Å². The van der Waals surface area contributed by atoms with Gasteiger partial charge in [-0.2, -0.15) is 0 Å². The van der Waals surface area contributed by atoms with Crippen LogP contribution in [0.3, 0.4) is 0 Å². The van der Waals surface area contributed by atoms with E-state index in [9.17, 15) is 0 Å². The SMILES string of the molecule is CC(C)(C)[N+]1=NC2CCC1CC2. The molecule has 2 heterocycles. The normalized spacial score (nSPS) is 35.1. The lowest BCUT2D eigenvalue weighted by Gasteiger charge is -2.33. The standard InChI is InChI=1S/C10H19N2/c1-10(2,3)12-9-6-4-8(11-12)5-7-9/h8-9H,4-7H2,1-3H3/q+1. The van der Waals surface area contributed by atoms with E-state index < -0.39 is 0 Å². The highest BCUT2D eigenvalue weighted by atomic mass is 15.4. The van der Waals surface area contributed by atoms with E-state index in [0.717, 1.165) is 6.04 Å². The molecule has 12 heavy (non-hydrogen) atoms. The molecule has 0 N–H and O–H groups in total. The molecule has 0 amide bonds. The van der Waals surface area contributed by atoms with Crippen molar-refractivity contribution in [3.05, 3.63) is 0 Å². The molecule has 2 aliphatic heterocycles. The summed E-state index contributed by atoms with van der Waals surface area (Å²) in [6, 6.07) is 1.39. The molecular formula is C10H19N2+. The third-order valence-corrected chi connectivity index (χ3v) is 2.99. The Morgan fingerprint density at radius 3 is 1.92 bits per heavy atom. The lowest BCUT2D eigenvalue weighted by Crippen LogP contribution is -2.46. The molecule has 0 aromatic rings. The molecule has 0 saturated heterocycles. The lowest BCUT2D eigenvalue weighted by atomic mass is 9.87. The van der Waals surface area contributed by atoms with E-state index in [1.807, 2.05) is 0 Å². The van der Waals surface area contributed by atoms with Gasteiger partial charge >= 0.3 is 0 Å². The zero-order valence-electron chi connectivity index (χ0n) is 8.38. The second-order valence-electron chi connectivity index (χ2n) is 5.09. The van der Waals surface area contributed by atoms with Gasteiger partial charge in [0.2, 0.25) is 0 Å². The van der Waals surface area contributed by atoms with Crippen LogP contribution in [0, 0.1) is 0 Å². The highest BCUT2D eigenvalue weighted by molar-refractivity contribution is 4.79. The Balaban J connectivity index is 2.26. The Hall–Kier alpha value is -0.400. The maximum absolute atomic E-state index is 4.75. The van der Waals surface area contributed by atoms with Gasteiger partial charge < -0.3 is 0 Å². The first-order chi connectivity index (χ1) is 5.57. The third-order valence-electron chi connectivity index (χ3n) is 2.99. The quantitative estimate of drug-likeness (QED) is 0.493. The van der Waals surface area contributed by atoms with E-state index in [0.29, 0.717) is 6.04 Å². The first-order valence-electron chi connectivity index (χ1n) is 5.07. The molecule has 0 spiro atoms. The summed E-state index contributed by atoms with van der Waals surface area (Å²) in [6.07, 6.45) is 5.39. The van der Waals surface area contributed by atoms with Crippen molar-refractivity contribution in [1.29, 1.82) is 0 Å². The topological polar surface area (TPSA) is 15.4 Å². The highest BCUT2D eigenvalue weighted by Crippen LogP contribution is 2.32. The summed E-state index contributed by atoms with van der Waals surface area (Å²) in [6.45, 7) is 6.78. The Kier molecular flexibility index (Phi) is 1.74. The average Bonchev–Trinajstić information content (AvgIpc) is 2.05. The van der Waals surface area contributed by atoms with E-state index in [2.05, 4.69) is 25.5 Å². The Morgan fingerprint density at radius 2 is 1.67 bits per heavy atom. The van der Waals surface area contributed by atoms with Crippen LogP contribution in [-0.2, 0) is 0 Å². The maximum atomic E-state index is 4.75. The molecule has 1 aliphatic carbocycles. The summed E-state index contributed by atoms with van der Waals surface area (Å²) in [5.41, 5.74) is 0.240. The Labute approximate surface area is 74.7 Å². The van der Waals surface area contributed by atoms with Crippen LogP contribution in [0.1, 0.15) is 46.5 Å². The zero-order valence-corrected chi connectivity index (χ0v) is 8.38. The highest BCUT2D eigenvalue weighted by Gasteiger charge is 2.42. The second kappa shape index (κ2) is 2.54. The summed E-state index contributed by atoms with van der Waals surface area (Å²) >= 11 is 0. The van der Waals surface area contributed by atoms with Crippen molar-refractivity contribution >= 4 is 0 Å². The first kappa shape index (κ1) is 8.21. The van der Waals surface area contributed by atoms with Crippen molar-refractivity contribution in [2.24, 2.45) is 5.11 Å². The predicted octanol–water partition coefficient (Wildman–Crippen LogP) is 2.57. The molecule has 68 valence electrons. The fourth-order valence-electron chi connectivity index (χ4n) is 2.41. The van der Waals surface area contributed by atoms with Crippen LogP contribution in [0.5, 0.6) is 0 Å². The summed E-state index contributed by atoms with van der Waals surface area (Å²) in [7, 11) is 0. The Morgan fingerprint density at radius 1 is 1.08 bits per heavy atom. The fraction of sp³-hybridized carbons (Fsp3) is 1.00. The number of rotatable bonds is 0. The average molecular weight is 167 g/mol. The molecule has 1 fully saturated rings. The molecule has 2 nitrogen and oxygen atoms in total. The summed E-state index contributed by atoms with van der Waals surface area (Å²) in [4.78, 5) is 0. The molecular weight excluding hydrogens is 148 g/mol. The molecule has 0 aromatic carbocycles. The van der Waals surface area contributed by atoms with Crippen molar-refractivity contribution in [3.8, 4) is 0 Å². The van der Waals surface area contributed by atoms with E-state index in [1.165, 1.54) is 25.7 Å². The molecule has 2 heteroatoms. The van der Waals surface area contributed by atoms with Crippen LogP contribution in [0.4, 0.5) is 0 Å². The van der Waals surface area contributed by atoms with Crippen molar-refractivity contribution in [1.82, 2.24) is 0 Å². The van der Waals surface area contributed by atoms with Crippen molar-refractivity contribution in [2.45, 2.75) is 64.1 Å². The minimum absolute atomic E-state index is 0.240. The molecule has 3 rings (SSSR count). The number of nitrogens with zero attached hydrogens (tertiary/aromatic N) is 2. The summed E-state index contributed by atoms with van der Waals surface area (Å²) in [5.74, 6) is 0. The molecule has 0 atom stereocenters. The zero-order chi connectivity index (χ0) is 8.77. The van der Waals surface area contributed by atoms with Gasteiger partial charge in [-0.1, -0.05) is 0 Å². The van der Waals surface area contributed by atoms with Gasteiger partial charge in [-0.15, -0.1) is 4.70 Å². The second-order valence-corrected chi connectivity index (χ2v) is 5.09. The first-order valence-corrected chi connectivity index (χ1v) is 5.07. The monoisotopic (exact) mass is 167 g/mol. The van der Waals surface area contributed by atoms with Crippen LogP contribution < -0.4 is 0 Å². The molecule has 3 aliphatic rings. The van der Waals surface area contributed by atoms with Gasteiger partial charge in [0.15, 0.2) is 11.6 Å². The molecule has 2 bridgehead atoms. The third kappa shape index (κ3) is 1.27. The van der Waals surface area contributed by atoms with Crippen molar-refractivity contribution < 1.29 is 4.70 Å². The molecule has 0 aromatic heterocycles. The van der Waals surface area contributed by atoms with Crippen LogP contribution in [0.15, 0.2) is 5.11 Å². The van der Waals surface area contributed by atoms with Gasteiger partial charge in [0, 0.05) is 33.6 Å². The van der Waals surface area contributed by atoms with E-state index in [1.54, 1.807) is 0 Å². The van der Waals surface area contributed by atoms with Crippen molar-refractivity contribution in [3.63, 3.8) is 0 Å². The molecule has 0 radical (unpaired) electrons. The number of azo groups is 2. The van der Waals surface area contributed by atoms with E-state index in [-0.39, 0.29) is 5.54 Å². The van der Waals surface area contributed by atoms with Gasteiger partial charge in [-0.25, -0.2) is 0 Å². The molecule has 0 unspecified atom stereocenters. The molecule has 1 saturated carbocycles. The van der Waals surface area contributed by atoms with Crippen LogP contribution in [0.25, 0.3) is 0 Å². The minimum Gasteiger partial charge on any atom is -0.120 e. The maximum Gasteiger partial charge on any atom is 0.179 e. The lowest BCUT2D eigenvalue weighted by molar-refractivity contribution is -0.702. The minimum atomic E-state index is 0.240.